The fourth-order valence-electron chi connectivity index (χ4n) is 13.3. The quantitative estimate of drug-likeness (QED) is 0.0177. The molecule has 0 aliphatic carbocycles. The normalized spacial score (nSPS) is 19.5. The van der Waals surface area contributed by atoms with Crippen LogP contribution in [-0.2, 0) is 93.7 Å². The number of carbonyl (C=O) groups excluding carboxylic acids is 5. The van der Waals surface area contributed by atoms with E-state index in [2.05, 4.69) is 6.92 Å². The van der Waals surface area contributed by atoms with Crippen molar-refractivity contribution < 1.29 is 124 Å². The number of halogens is 12. The fourth-order valence-corrected chi connectivity index (χ4v) is 13.3. The maximum absolute atomic E-state index is 15.7. The molecule has 4 aromatic rings. The first-order valence-corrected chi connectivity index (χ1v) is 34.5. The Hall–Kier alpha value is -7.07. The van der Waals surface area contributed by atoms with Gasteiger partial charge in [-0.2, -0.15) is 52.7 Å². The predicted octanol–water partition coefficient (Wildman–Crippen LogP) is 17.7. The number of ether oxygens (including phenoxy) is 10. The van der Waals surface area contributed by atoms with E-state index in [0.29, 0.717) is 41.3 Å². The summed E-state index contributed by atoms with van der Waals surface area (Å²) in [6.07, 6.45) is -22.9. The van der Waals surface area contributed by atoms with Crippen molar-refractivity contribution in [2.24, 2.45) is 0 Å². The topological polar surface area (TPSA) is 178 Å². The van der Waals surface area contributed by atoms with Crippen LogP contribution >= 0.6 is 0 Å². The van der Waals surface area contributed by atoms with Gasteiger partial charge in [-0.1, -0.05) is 205 Å². The number of cyclic esters (lactones) is 1. The highest BCUT2D eigenvalue weighted by Gasteiger charge is 2.68. The van der Waals surface area contributed by atoms with E-state index in [-0.39, 0.29) is 56.9 Å². The van der Waals surface area contributed by atoms with E-state index in [1.54, 1.807) is 0 Å². The third-order valence-electron chi connectivity index (χ3n) is 18.8. The molecule has 15 nitrogen and oxygen atoms in total. The van der Waals surface area contributed by atoms with Gasteiger partial charge in [0.25, 0.3) is 22.4 Å². The Morgan fingerprint density at radius 2 is 0.696 bits per heavy atom. The standard InChI is InChI=1S/C75H92F12O15/c1-7-8-9-10-11-12-13-14-15-16-17-33-44-59(101-66(91)70(95-5,74(82,83)84)55-38-27-20-28-39-55)60-47-48-61(100-60)62(102-67(92)71(96-6,75(85,86)87)56-40-29-21-30-41-56)46-45-57(98-64(89)68(93-3,72(76,77)78)53-34-23-18-24-35-53)42-31-22-32-43-58(50-52-49-51(2)97-63(52)88)99-65(90)69(94-4,73(79,80)81)54-36-25-19-26-37-54/h18-21,23-30,34-41,49,51,57-62H,7-17,22,31-33,42-48,50H2,1-6H3/t51-,57+,58+,59-,60-,61+,62+,68+,69+,70+,71+/m0/s1. The zero-order valence-electron chi connectivity index (χ0n) is 58.1. The third kappa shape index (κ3) is 20.3. The van der Waals surface area contributed by atoms with Crippen LogP contribution in [0.3, 0.4) is 0 Å². The molecule has 0 bridgehead atoms. The van der Waals surface area contributed by atoms with Crippen LogP contribution in [0.2, 0.25) is 0 Å². The molecule has 4 aromatic carbocycles. The Kier molecular flexibility index (Phi) is 31.3. The van der Waals surface area contributed by atoms with Crippen LogP contribution in [-0.4, -0.2) is 126 Å². The van der Waals surface area contributed by atoms with Crippen LogP contribution in [0.5, 0.6) is 0 Å². The molecule has 1 saturated heterocycles. The highest BCUT2D eigenvalue weighted by molar-refractivity contribution is 5.91. The van der Waals surface area contributed by atoms with Crippen molar-refractivity contribution in [1.82, 2.24) is 0 Å². The van der Waals surface area contributed by atoms with E-state index >= 15 is 52.7 Å². The minimum atomic E-state index is -5.57. The first kappa shape index (κ1) is 83.9. The largest absolute Gasteiger partial charge is 0.460 e. The Morgan fingerprint density at radius 1 is 0.402 bits per heavy atom. The number of benzene rings is 4. The summed E-state index contributed by atoms with van der Waals surface area (Å²) in [5, 5.41) is 0. The van der Waals surface area contributed by atoms with Gasteiger partial charge in [-0.15, -0.1) is 0 Å². The van der Waals surface area contributed by atoms with Gasteiger partial charge in [-0.3, -0.25) is 0 Å². The molecule has 2 aliphatic heterocycles. The molecular formula is C75H92F12O15. The minimum Gasteiger partial charge on any atom is -0.460 e. The molecule has 0 radical (unpaired) electrons. The van der Waals surface area contributed by atoms with Crippen molar-refractivity contribution in [2.75, 3.05) is 28.4 Å². The maximum Gasteiger partial charge on any atom is 0.432 e. The highest BCUT2D eigenvalue weighted by Crippen LogP contribution is 2.49. The average Bonchev–Trinajstić information content (AvgIpc) is 1.44. The Morgan fingerprint density at radius 3 is 1.02 bits per heavy atom. The lowest BCUT2D eigenvalue weighted by Crippen LogP contribution is -2.54. The molecule has 0 spiro atoms. The van der Waals surface area contributed by atoms with Gasteiger partial charge in [0.1, 0.15) is 30.5 Å². The van der Waals surface area contributed by atoms with Crippen molar-refractivity contribution in [3.05, 3.63) is 155 Å². The number of methoxy groups -OCH3 is 4. The van der Waals surface area contributed by atoms with Gasteiger partial charge in [-0.25, -0.2) is 24.0 Å². The van der Waals surface area contributed by atoms with Crippen LogP contribution in [0.25, 0.3) is 0 Å². The number of carbonyl (C=O) groups is 5. The molecule has 102 heavy (non-hydrogen) atoms. The van der Waals surface area contributed by atoms with Crippen LogP contribution in [0.15, 0.2) is 133 Å². The highest BCUT2D eigenvalue weighted by atomic mass is 19.4. The number of hydrogen-bond acceptors (Lipinski definition) is 15. The lowest BCUT2D eigenvalue weighted by atomic mass is 9.91. The van der Waals surface area contributed by atoms with E-state index in [4.69, 9.17) is 47.4 Å². The summed E-state index contributed by atoms with van der Waals surface area (Å²) in [4.78, 5) is 70.4. The van der Waals surface area contributed by atoms with Gasteiger partial charge < -0.3 is 47.4 Å². The predicted molar refractivity (Wildman–Crippen MR) is 348 cm³/mol. The van der Waals surface area contributed by atoms with Gasteiger partial charge >= 0.3 is 54.6 Å². The van der Waals surface area contributed by atoms with Crippen LogP contribution in [0, 0.1) is 0 Å². The molecule has 6 rings (SSSR count). The summed E-state index contributed by atoms with van der Waals surface area (Å²) >= 11 is 0. The van der Waals surface area contributed by atoms with Crippen LogP contribution < -0.4 is 0 Å². The molecule has 27 heteroatoms. The second kappa shape index (κ2) is 38.1. The van der Waals surface area contributed by atoms with Crippen molar-refractivity contribution in [3.63, 3.8) is 0 Å². The van der Waals surface area contributed by atoms with Gasteiger partial charge in [0.2, 0.25) is 0 Å². The summed E-state index contributed by atoms with van der Waals surface area (Å²) in [6.45, 7) is 3.65. The number of unbranched alkanes of at least 4 members (excludes halogenated alkanes) is 13. The molecule has 2 aliphatic rings. The minimum absolute atomic E-state index is 0.0180. The Labute approximate surface area is 586 Å². The summed E-state index contributed by atoms with van der Waals surface area (Å²) in [5.74, 6) is -8.65. The first-order chi connectivity index (χ1) is 48.4. The monoisotopic (exact) mass is 1460 g/mol. The second-order valence-corrected chi connectivity index (χ2v) is 25.6. The third-order valence-corrected chi connectivity index (χ3v) is 18.8. The van der Waals surface area contributed by atoms with Gasteiger partial charge in [0.15, 0.2) is 0 Å². The second-order valence-electron chi connectivity index (χ2n) is 25.6. The summed E-state index contributed by atoms with van der Waals surface area (Å²) in [7, 11) is 2.54. The number of hydrogen-bond donors (Lipinski definition) is 0. The lowest BCUT2D eigenvalue weighted by Gasteiger charge is -2.36. The fraction of sp³-hybridized carbons (Fsp3) is 0.587. The molecule has 1 fully saturated rings. The van der Waals surface area contributed by atoms with Crippen molar-refractivity contribution >= 4 is 29.8 Å². The summed E-state index contributed by atoms with van der Waals surface area (Å²) in [6, 6.07) is 23.1. The van der Waals surface area contributed by atoms with Crippen molar-refractivity contribution in [2.45, 2.75) is 251 Å². The van der Waals surface area contributed by atoms with Gasteiger partial charge in [-0.05, 0) is 77.2 Å². The summed E-state index contributed by atoms with van der Waals surface area (Å²) < 4.78 is 240. The van der Waals surface area contributed by atoms with Crippen molar-refractivity contribution in [1.29, 1.82) is 0 Å². The summed E-state index contributed by atoms with van der Waals surface area (Å²) in [5.41, 5.74) is -17.8. The zero-order valence-corrected chi connectivity index (χ0v) is 58.1. The molecular weight excluding hydrogens is 1370 g/mol. The molecule has 566 valence electrons. The van der Waals surface area contributed by atoms with Crippen molar-refractivity contribution in [3.8, 4) is 0 Å². The Bertz CT molecular complexity index is 3270. The SMILES string of the molecule is CCCCCCCCCCCCCC[C@H](OC(=O)[C@](OC)(c1ccccc1)C(F)(F)F)[C@@H]1CC[C@H]([C@@H](CC[C@@H](CCCCC[C@H](CC2=C[C@H](C)OC2=O)OC(=O)[C@](OC)(c2ccccc2)C(F)(F)F)OC(=O)[C@](OC)(c2ccccc2)C(F)(F)F)OC(=O)[C@](OC)(c2ccccc2)C(F)(F)F)O1. The van der Waals surface area contributed by atoms with E-state index in [1.165, 1.54) is 85.8 Å². The van der Waals surface area contributed by atoms with E-state index in [0.717, 1.165) is 106 Å². The lowest BCUT2D eigenvalue weighted by molar-refractivity contribution is -0.282. The molecule has 0 aromatic heterocycles. The maximum atomic E-state index is 15.7. The van der Waals surface area contributed by atoms with Gasteiger partial charge in [0.05, 0.1) is 12.2 Å². The van der Waals surface area contributed by atoms with Crippen LogP contribution in [0.1, 0.15) is 184 Å². The molecule has 0 unspecified atom stereocenters. The number of rotatable bonds is 42. The molecule has 0 saturated carbocycles. The van der Waals surface area contributed by atoms with E-state index in [9.17, 15) is 24.0 Å². The van der Waals surface area contributed by atoms with E-state index in [1.807, 2.05) is 0 Å². The first-order valence-electron chi connectivity index (χ1n) is 34.5. The average molecular weight is 1460 g/mol. The molecule has 2 heterocycles. The molecule has 0 amide bonds. The Balaban J connectivity index is 1.35. The van der Waals surface area contributed by atoms with Gasteiger partial charge in [0, 0.05) is 62.7 Å². The smallest absolute Gasteiger partial charge is 0.432 e. The number of alkyl halides is 12. The van der Waals surface area contributed by atoms with Crippen LogP contribution in [0.4, 0.5) is 52.7 Å². The zero-order chi connectivity index (χ0) is 75.0. The van der Waals surface area contributed by atoms with E-state index < -0.39 is 168 Å². The molecule has 0 N–H and O–H groups in total. The number of esters is 5. The molecule has 11 atom stereocenters.